The molecule has 2 heterocycles. The van der Waals surface area contributed by atoms with Crippen LogP contribution in [0.15, 0.2) is 29.2 Å². The molecule has 162 valence electrons. The number of H-pyrrole nitrogens is 1. The molecule has 1 unspecified atom stereocenters. The minimum absolute atomic E-state index is 0.00945. The minimum Gasteiger partial charge on any atom is -0.367 e. The molecule has 0 fully saturated rings. The molecule has 0 spiro atoms. The fourth-order valence-electron chi connectivity index (χ4n) is 3.59. The Labute approximate surface area is 180 Å². The topological polar surface area (TPSA) is 57.8 Å². The lowest BCUT2D eigenvalue weighted by molar-refractivity contribution is 0.359. The number of hydrogen-bond donors (Lipinski definition) is 2. The van der Waals surface area contributed by atoms with Gasteiger partial charge in [-0.25, -0.2) is 4.98 Å². The van der Waals surface area contributed by atoms with Gasteiger partial charge < -0.3 is 10.3 Å². The van der Waals surface area contributed by atoms with Crippen molar-refractivity contribution in [3.05, 3.63) is 45.9 Å². The summed E-state index contributed by atoms with van der Waals surface area (Å²) in [6, 6.07) is 6.66. The van der Waals surface area contributed by atoms with E-state index in [0.717, 1.165) is 27.7 Å². The molecule has 4 nitrogen and oxygen atoms in total. The molecule has 0 bridgehead atoms. The van der Waals surface area contributed by atoms with Crippen molar-refractivity contribution in [2.45, 2.75) is 86.1 Å². The van der Waals surface area contributed by atoms with Crippen LogP contribution in [0.3, 0.4) is 0 Å². The standard InChI is InChI=1S/C26H37N3O/c1-15(24(2,3)4)28-22-17-12-11-16(25(5,6)7)13-18(17)20-21(29-22)19(26(8,9)10)14-27-23(20)30/h11-15H,1-10H3,(H,27,30)(H,28,29). The van der Waals surface area contributed by atoms with Gasteiger partial charge in [0.25, 0.3) is 5.56 Å². The summed E-state index contributed by atoms with van der Waals surface area (Å²) in [4.78, 5) is 21.0. The first kappa shape index (κ1) is 22.3. The maximum Gasteiger partial charge on any atom is 0.258 e. The van der Waals surface area contributed by atoms with E-state index in [-0.39, 0.29) is 27.8 Å². The van der Waals surface area contributed by atoms with E-state index in [1.165, 1.54) is 5.56 Å². The summed E-state index contributed by atoms with van der Waals surface area (Å²) in [6.07, 6.45) is 1.83. The third-order valence-corrected chi connectivity index (χ3v) is 6.16. The van der Waals surface area contributed by atoms with Crippen molar-refractivity contribution >= 4 is 27.5 Å². The highest BCUT2D eigenvalue weighted by atomic mass is 16.1. The van der Waals surface area contributed by atoms with Crippen LogP contribution in [0.1, 0.15) is 80.4 Å². The number of fused-ring (bicyclic) bond motifs is 3. The van der Waals surface area contributed by atoms with Gasteiger partial charge in [0.2, 0.25) is 0 Å². The summed E-state index contributed by atoms with van der Waals surface area (Å²) in [5, 5.41) is 6.28. The molecular weight excluding hydrogens is 370 g/mol. The van der Waals surface area contributed by atoms with Crippen molar-refractivity contribution in [1.29, 1.82) is 0 Å². The van der Waals surface area contributed by atoms with Crippen LogP contribution in [-0.4, -0.2) is 16.0 Å². The highest BCUT2D eigenvalue weighted by molar-refractivity contribution is 6.10. The fraction of sp³-hybridized carbons (Fsp3) is 0.538. The molecule has 0 amide bonds. The predicted octanol–water partition coefficient (Wildman–Crippen LogP) is 6.52. The summed E-state index contributed by atoms with van der Waals surface area (Å²) in [6.45, 7) is 21.9. The molecular formula is C26H37N3O. The van der Waals surface area contributed by atoms with E-state index in [9.17, 15) is 4.79 Å². The molecule has 1 aromatic carbocycles. The lowest BCUT2D eigenvalue weighted by Crippen LogP contribution is -2.31. The number of pyridine rings is 2. The van der Waals surface area contributed by atoms with Crippen molar-refractivity contribution < 1.29 is 0 Å². The van der Waals surface area contributed by atoms with Crippen LogP contribution < -0.4 is 10.9 Å². The van der Waals surface area contributed by atoms with Gasteiger partial charge in [-0.2, -0.15) is 0 Å². The Balaban J connectivity index is 2.47. The normalized spacial score (nSPS) is 14.3. The molecule has 0 aliphatic carbocycles. The van der Waals surface area contributed by atoms with Gasteiger partial charge in [-0.1, -0.05) is 74.4 Å². The Hall–Kier alpha value is -2.36. The number of anilines is 1. The summed E-state index contributed by atoms with van der Waals surface area (Å²) < 4.78 is 0. The summed E-state index contributed by atoms with van der Waals surface area (Å²) in [5.74, 6) is 0.844. The summed E-state index contributed by atoms with van der Waals surface area (Å²) in [5.41, 5.74) is 2.88. The molecule has 1 atom stereocenters. The van der Waals surface area contributed by atoms with E-state index >= 15 is 0 Å². The zero-order valence-electron chi connectivity index (χ0n) is 20.2. The van der Waals surface area contributed by atoms with Crippen LogP contribution >= 0.6 is 0 Å². The predicted molar refractivity (Wildman–Crippen MR) is 130 cm³/mol. The van der Waals surface area contributed by atoms with Gasteiger partial charge in [0, 0.05) is 28.6 Å². The second-order valence-corrected chi connectivity index (χ2v) is 11.7. The van der Waals surface area contributed by atoms with E-state index in [4.69, 9.17) is 4.98 Å². The highest BCUT2D eigenvalue weighted by Crippen LogP contribution is 2.36. The molecule has 0 saturated carbocycles. The monoisotopic (exact) mass is 407 g/mol. The molecule has 4 heteroatoms. The molecule has 0 saturated heterocycles. The SMILES string of the molecule is CC(Nc1nc2c(C(C)(C)C)c[nH]c(=O)c2c2cc(C(C)(C)C)ccc12)C(C)(C)C. The van der Waals surface area contributed by atoms with Crippen LogP contribution in [-0.2, 0) is 10.8 Å². The number of nitrogens with zero attached hydrogens (tertiary/aromatic N) is 1. The Bertz CT molecular complexity index is 1150. The zero-order chi connectivity index (χ0) is 22.6. The fourth-order valence-corrected chi connectivity index (χ4v) is 3.59. The molecule has 0 aliphatic rings. The van der Waals surface area contributed by atoms with Gasteiger partial charge in [-0.15, -0.1) is 0 Å². The number of benzene rings is 1. The van der Waals surface area contributed by atoms with Gasteiger partial charge >= 0.3 is 0 Å². The molecule has 3 aromatic rings. The lowest BCUT2D eigenvalue weighted by Gasteiger charge is -2.30. The smallest absolute Gasteiger partial charge is 0.258 e. The third-order valence-electron chi connectivity index (χ3n) is 6.16. The molecule has 0 aliphatic heterocycles. The average Bonchev–Trinajstić information content (AvgIpc) is 2.58. The first-order chi connectivity index (χ1) is 13.6. The Morgan fingerprint density at radius 3 is 2.10 bits per heavy atom. The largest absolute Gasteiger partial charge is 0.367 e. The average molecular weight is 408 g/mol. The van der Waals surface area contributed by atoms with Crippen LogP contribution in [0, 0.1) is 5.41 Å². The second-order valence-electron chi connectivity index (χ2n) is 11.7. The Morgan fingerprint density at radius 2 is 1.57 bits per heavy atom. The quantitative estimate of drug-likeness (QED) is 0.476. The summed E-state index contributed by atoms with van der Waals surface area (Å²) >= 11 is 0. The van der Waals surface area contributed by atoms with E-state index < -0.39 is 0 Å². The molecule has 2 aromatic heterocycles. The van der Waals surface area contributed by atoms with E-state index in [2.05, 4.69) is 97.7 Å². The molecule has 2 N–H and O–H groups in total. The number of hydrogen-bond acceptors (Lipinski definition) is 3. The van der Waals surface area contributed by atoms with E-state index in [1.54, 1.807) is 0 Å². The lowest BCUT2D eigenvalue weighted by atomic mass is 9.84. The maximum absolute atomic E-state index is 13.0. The van der Waals surface area contributed by atoms with Crippen molar-refractivity contribution in [2.24, 2.45) is 5.41 Å². The number of aromatic amines is 1. The number of rotatable bonds is 2. The number of nitrogens with one attached hydrogen (secondary N) is 2. The van der Waals surface area contributed by atoms with Crippen molar-refractivity contribution in [2.75, 3.05) is 5.32 Å². The van der Waals surface area contributed by atoms with E-state index in [0.29, 0.717) is 5.39 Å². The molecule has 3 rings (SSSR count). The highest BCUT2D eigenvalue weighted by Gasteiger charge is 2.25. The number of aromatic nitrogens is 2. The van der Waals surface area contributed by atoms with Crippen molar-refractivity contribution in [1.82, 2.24) is 9.97 Å². The van der Waals surface area contributed by atoms with Gasteiger partial charge in [0.1, 0.15) is 5.82 Å². The van der Waals surface area contributed by atoms with Gasteiger partial charge in [0.15, 0.2) is 0 Å². The molecule has 30 heavy (non-hydrogen) atoms. The Morgan fingerprint density at radius 1 is 0.933 bits per heavy atom. The van der Waals surface area contributed by atoms with Gasteiger partial charge in [-0.05, 0) is 34.8 Å². The van der Waals surface area contributed by atoms with Crippen LogP contribution in [0.4, 0.5) is 5.82 Å². The van der Waals surface area contributed by atoms with Crippen LogP contribution in [0.2, 0.25) is 0 Å². The molecule has 0 radical (unpaired) electrons. The van der Waals surface area contributed by atoms with Crippen LogP contribution in [0.5, 0.6) is 0 Å². The van der Waals surface area contributed by atoms with Crippen molar-refractivity contribution in [3.8, 4) is 0 Å². The van der Waals surface area contributed by atoms with E-state index in [1.807, 2.05) is 6.20 Å². The van der Waals surface area contributed by atoms with Gasteiger partial charge in [-0.3, -0.25) is 4.79 Å². The minimum atomic E-state index is -0.141. The third kappa shape index (κ3) is 4.10. The summed E-state index contributed by atoms with van der Waals surface area (Å²) in [7, 11) is 0. The van der Waals surface area contributed by atoms with Crippen molar-refractivity contribution in [3.63, 3.8) is 0 Å². The Kier molecular flexibility index (Phi) is 5.29. The second kappa shape index (κ2) is 7.11. The first-order valence-electron chi connectivity index (χ1n) is 10.9. The van der Waals surface area contributed by atoms with Crippen LogP contribution in [0.25, 0.3) is 21.7 Å². The van der Waals surface area contributed by atoms with Gasteiger partial charge in [0.05, 0.1) is 10.9 Å². The zero-order valence-corrected chi connectivity index (χ0v) is 20.2. The maximum atomic E-state index is 13.0. The first-order valence-corrected chi connectivity index (χ1v) is 10.9.